The minimum absolute atomic E-state index is 0.0521. The minimum atomic E-state index is 0.0521. The minimum Gasteiger partial charge on any atom is -0.454 e. The highest BCUT2D eigenvalue weighted by atomic mass is 16.7. The number of fused-ring (bicyclic) bond motifs is 1. The molecular weight excluding hydrogens is 356 g/mol. The summed E-state index contributed by atoms with van der Waals surface area (Å²) >= 11 is 0. The first-order valence-corrected chi connectivity index (χ1v) is 9.79. The number of hydrogen-bond donors (Lipinski definition) is 1. The molecule has 0 bridgehead atoms. The summed E-state index contributed by atoms with van der Waals surface area (Å²) < 4.78 is 16.1. The van der Waals surface area contributed by atoms with Gasteiger partial charge >= 0.3 is 0 Å². The van der Waals surface area contributed by atoms with Gasteiger partial charge in [-0.1, -0.05) is 30.3 Å². The molecule has 1 amide bonds. The first kappa shape index (κ1) is 18.8. The van der Waals surface area contributed by atoms with Crippen LogP contribution in [0, 0.1) is 0 Å². The lowest BCUT2D eigenvalue weighted by atomic mass is 10.1. The fourth-order valence-electron chi connectivity index (χ4n) is 3.50. The number of nitrogens with zero attached hydrogens (tertiary/aromatic N) is 1. The average molecular weight is 382 g/mol. The zero-order chi connectivity index (χ0) is 19.2. The van der Waals surface area contributed by atoms with E-state index in [4.69, 9.17) is 14.2 Å². The van der Waals surface area contributed by atoms with E-state index < -0.39 is 0 Å². The van der Waals surface area contributed by atoms with Gasteiger partial charge in [-0.25, -0.2) is 0 Å². The van der Waals surface area contributed by atoms with Gasteiger partial charge in [-0.05, 0) is 35.2 Å². The van der Waals surface area contributed by atoms with Gasteiger partial charge < -0.3 is 19.5 Å². The summed E-state index contributed by atoms with van der Waals surface area (Å²) in [7, 11) is 0. The van der Waals surface area contributed by atoms with Crippen LogP contribution in [-0.4, -0.2) is 43.9 Å². The number of carbonyl (C=O) groups is 1. The van der Waals surface area contributed by atoms with Crippen molar-refractivity contribution in [2.24, 2.45) is 0 Å². The number of carbonyl (C=O) groups excluding carboxylic acids is 1. The van der Waals surface area contributed by atoms with Crippen LogP contribution in [0.5, 0.6) is 11.5 Å². The van der Waals surface area contributed by atoms with E-state index in [2.05, 4.69) is 34.5 Å². The number of hydrogen-bond acceptors (Lipinski definition) is 5. The number of nitrogens with one attached hydrogen (secondary N) is 1. The molecule has 0 spiro atoms. The second-order valence-corrected chi connectivity index (χ2v) is 7.17. The van der Waals surface area contributed by atoms with E-state index in [1.54, 1.807) is 0 Å². The van der Waals surface area contributed by atoms with Crippen LogP contribution in [-0.2, 0) is 29.0 Å². The molecule has 0 atom stereocenters. The molecule has 0 radical (unpaired) electrons. The van der Waals surface area contributed by atoms with Crippen molar-refractivity contribution in [3.8, 4) is 11.5 Å². The lowest BCUT2D eigenvalue weighted by Gasteiger charge is -2.26. The molecule has 0 aliphatic carbocycles. The number of benzene rings is 2. The molecule has 2 aromatic rings. The fraction of sp³-hybridized carbons (Fsp3) is 0.409. The van der Waals surface area contributed by atoms with E-state index in [1.807, 2.05) is 18.2 Å². The zero-order valence-corrected chi connectivity index (χ0v) is 16.0. The Bertz CT molecular complexity index is 818. The van der Waals surface area contributed by atoms with Gasteiger partial charge in [-0.3, -0.25) is 9.69 Å². The lowest BCUT2D eigenvalue weighted by Crippen LogP contribution is -2.35. The van der Waals surface area contributed by atoms with E-state index in [0.29, 0.717) is 19.4 Å². The predicted molar refractivity (Wildman–Crippen MR) is 105 cm³/mol. The van der Waals surface area contributed by atoms with Crippen LogP contribution in [0.1, 0.15) is 23.1 Å². The molecule has 0 saturated carbocycles. The molecule has 6 heteroatoms. The SMILES string of the molecule is O=C(CCc1ccc2c(c1)OCO2)NCc1cccc(CN2CCOCC2)c1. The Morgan fingerprint density at radius 3 is 2.68 bits per heavy atom. The quantitative estimate of drug-likeness (QED) is 0.797. The molecule has 4 rings (SSSR count). The zero-order valence-electron chi connectivity index (χ0n) is 16.0. The molecule has 2 heterocycles. The number of aryl methyl sites for hydroxylation is 1. The van der Waals surface area contributed by atoms with Gasteiger partial charge in [0, 0.05) is 32.6 Å². The number of ether oxygens (including phenoxy) is 3. The Labute approximate surface area is 165 Å². The van der Waals surface area contributed by atoms with Crippen LogP contribution >= 0.6 is 0 Å². The van der Waals surface area contributed by atoms with E-state index >= 15 is 0 Å². The Morgan fingerprint density at radius 1 is 0.964 bits per heavy atom. The van der Waals surface area contributed by atoms with Crippen LogP contribution in [0.25, 0.3) is 0 Å². The largest absolute Gasteiger partial charge is 0.454 e. The smallest absolute Gasteiger partial charge is 0.231 e. The van der Waals surface area contributed by atoms with Crippen LogP contribution < -0.4 is 14.8 Å². The Kier molecular flexibility index (Phi) is 6.09. The maximum Gasteiger partial charge on any atom is 0.231 e. The summed E-state index contributed by atoms with van der Waals surface area (Å²) in [4.78, 5) is 14.6. The van der Waals surface area contributed by atoms with Crippen molar-refractivity contribution in [3.63, 3.8) is 0 Å². The standard InChI is InChI=1S/C22H26N2O4/c25-22(7-5-17-4-6-20-21(13-17)28-16-27-20)23-14-18-2-1-3-19(12-18)15-24-8-10-26-11-9-24/h1-4,6,12-13H,5,7-11,14-16H2,(H,23,25). The molecule has 1 saturated heterocycles. The van der Waals surface area contributed by atoms with Gasteiger partial charge in [-0.15, -0.1) is 0 Å². The van der Waals surface area contributed by atoms with Gasteiger partial charge in [-0.2, -0.15) is 0 Å². The van der Waals surface area contributed by atoms with Crippen LogP contribution in [0.4, 0.5) is 0 Å². The highest BCUT2D eigenvalue weighted by Gasteiger charge is 2.14. The topological polar surface area (TPSA) is 60.0 Å². The van der Waals surface area contributed by atoms with E-state index in [9.17, 15) is 4.79 Å². The summed E-state index contributed by atoms with van der Waals surface area (Å²) in [6.07, 6.45) is 1.13. The summed E-state index contributed by atoms with van der Waals surface area (Å²) in [6.45, 7) is 5.30. The van der Waals surface area contributed by atoms with E-state index in [-0.39, 0.29) is 12.7 Å². The lowest BCUT2D eigenvalue weighted by molar-refractivity contribution is -0.121. The third kappa shape index (κ3) is 5.03. The summed E-state index contributed by atoms with van der Waals surface area (Å²) in [5.41, 5.74) is 3.48. The first-order valence-electron chi connectivity index (χ1n) is 9.79. The monoisotopic (exact) mass is 382 g/mol. The predicted octanol–water partition coefficient (Wildman–Crippen LogP) is 2.50. The van der Waals surface area contributed by atoms with Gasteiger partial charge in [0.15, 0.2) is 11.5 Å². The van der Waals surface area contributed by atoms with Gasteiger partial charge in [0.05, 0.1) is 13.2 Å². The molecule has 1 fully saturated rings. The van der Waals surface area contributed by atoms with Crippen LogP contribution in [0.2, 0.25) is 0 Å². The second kappa shape index (κ2) is 9.08. The van der Waals surface area contributed by atoms with Crippen LogP contribution in [0.3, 0.4) is 0 Å². The normalized spacial score (nSPS) is 16.1. The Hall–Kier alpha value is -2.57. The maximum absolute atomic E-state index is 12.2. The highest BCUT2D eigenvalue weighted by Crippen LogP contribution is 2.32. The molecule has 148 valence electrons. The summed E-state index contributed by atoms with van der Waals surface area (Å²) in [5.74, 6) is 1.58. The van der Waals surface area contributed by atoms with E-state index in [0.717, 1.165) is 55.5 Å². The maximum atomic E-state index is 12.2. The van der Waals surface area contributed by atoms with Crippen molar-refractivity contribution in [2.75, 3.05) is 33.1 Å². The highest BCUT2D eigenvalue weighted by molar-refractivity contribution is 5.76. The second-order valence-electron chi connectivity index (χ2n) is 7.17. The Balaban J connectivity index is 1.23. The van der Waals surface area contributed by atoms with Gasteiger partial charge in [0.2, 0.25) is 12.7 Å². The van der Waals surface area contributed by atoms with Crippen molar-refractivity contribution in [1.29, 1.82) is 0 Å². The molecule has 6 nitrogen and oxygen atoms in total. The van der Waals surface area contributed by atoms with Crippen molar-refractivity contribution < 1.29 is 19.0 Å². The van der Waals surface area contributed by atoms with Crippen molar-refractivity contribution >= 4 is 5.91 Å². The molecule has 0 aromatic heterocycles. The van der Waals surface area contributed by atoms with Gasteiger partial charge in [0.1, 0.15) is 0 Å². The molecule has 2 aromatic carbocycles. The molecule has 2 aliphatic rings. The molecule has 2 aliphatic heterocycles. The van der Waals surface area contributed by atoms with Gasteiger partial charge in [0.25, 0.3) is 0 Å². The van der Waals surface area contributed by atoms with Crippen LogP contribution in [0.15, 0.2) is 42.5 Å². The number of amides is 1. The molecule has 0 unspecified atom stereocenters. The van der Waals surface area contributed by atoms with E-state index in [1.165, 1.54) is 5.56 Å². The van der Waals surface area contributed by atoms with Crippen molar-refractivity contribution in [1.82, 2.24) is 10.2 Å². The van der Waals surface area contributed by atoms with Crippen molar-refractivity contribution in [2.45, 2.75) is 25.9 Å². The Morgan fingerprint density at radius 2 is 1.79 bits per heavy atom. The fourth-order valence-corrected chi connectivity index (χ4v) is 3.50. The summed E-state index contributed by atoms with van der Waals surface area (Å²) in [5, 5.41) is 3.02. The first-order chi connectivity index (χ1) is 13.8. The van der Waals surface area contributed by atoms with Crippen molar-refractivity contribution in [3.05, 3.63) is 59.2 Å². The molecule has 28 heavy (non-hydrogen) atoms. The third-order valence-electron chi connectivity index (χ3n) is 5.07. The third-order valence-corrected chi connectivity index (χ3v) is 5.07. The molecular formula is C22H26N2O4. The average Bonchev–Trinajstić information content (AvgIpc) is 3.20. The number of rotatable bonds is 7. The molecule has 1 N–H and O–H groups in total. The number of morpholine rings is 1. The summed E-state index contributed by atoms with van der Waals surface area (Å²) in [6, 6.07) is 14.3.